The molecule has 0 saturated heterocycles. The van der Waals surface area contributed by atoms with Crippen LogP contribution in [0.15, 0.2) is 6.07 Å². The summed E-state index contributed by atoms with van der Waals surface area (Å²) in [6.07, 6.45) is 9.24. The predicted molar refractivity (Wildman–Crippen MR) is 69.2 cm³/mol. The lowest BCUT2D eigenvalue weighted by molar-refractivity contribution is 0.460. The molecule has 0 aliphatic heterocycles. The van der Waals surface area contributed by atoms with Crippen LogP contribution in [0.2, 0.25) is 0 Å². The van der Waals surface area contributed by atoms with Crippen LogP contribution in [0.1, 0.15) is 62.3 Å². The van der Waals surface area contributed by atoms with Crippen molar-refractivity contribution in [3.63, 3.8) is 0 Å². The zero-order valence-electron chi connectivity index (χ0n) is 10.6. The molecular weight excluding hydrogens is 210 g/mol. The highest BCUT2D eigenvalue weighted by Gasteiger charge is 2.26. The Morgan fingerprint density at radius 3 is 2.53 bits per heavy atom. The lowest BCUT2D eigenvalue weighted by Gasteiger charge is -2.23. The van der Waals surface area contributed by atoms with Crippen LogP contribution in [0.4, 0.5) is 5.95 Å². The second kappa shape index (κ2) is 4.63. The van der Waals surface area contributed by atoms with Gasteiger partial charge in [0.1, 0.15) is 0 Å². The molecule has 0 aromatic carbocycles. The van der Waals surface area contributed by atoms with Crippen LogP contribution >= 0.6 is 0 Å². The Labute approximate surface area is 103 Å². The second-order valence-electron chi connectivity index (χ2n) is 5.51. The van der Waals surface area contributed by atoms with Gasteiger partial charge in [0.2, 0.25) is 5.95 Å². The summed E-state index contributed by atoms with van der Waals surface area (Å²) in [5, 5.41) is 3.52. The van der Waals surface area contributed by atoms with Crippen LogP contribution in [0, 0.1) is 6.92 Å². The molecule has 92 valence electrons. The largest absolute Gasteiger partial charge is 0.351 e. The first kappa shape index (κ1) is 11.0. The van der Waals surface area contributed by atoms with Crippen molar-refractivity contribution in [2.75, 3.05) is 5.32 Å². The Kier molecular flexibility index (Phi) is 3.00. The third-order valence-corrected chi connectivity index (χ3v) is 3.81. The Hall–Kier alpha value is -1.12. The minimum Gasteiger partial charge on any atom is -0.351 e. The monoisotopic (exact) mass is 231 g/mol. The molecule has 2 saturated carbocycles. The molecule has 0 spiro atoms. The second-order valence-corrected chi connectivity index (χ2v) is 5.51. The van der Waals surface area contributed by atoms with Gasteiger partial charge in [-0.25, -0.2) is 9.97 Å². The van der Waals surface area contributed by atoms with E-state index >= 15 is 0 Å². The molecule has 0 atom stereocenters. The van der Waals surface area contributed by atoms with Gasteiger partial charge in [-0.15, -0.1) is 0 Å². The zero-order valence-corrected chi connectivity index (χ0v) is 10.6. The number of nitrogens with zero attached hydrogens (tertiary/aromatic N) is 2. The summed E-state index contributed by atoms with van der Waals surface area (Å²) in [7, 11) is 0. The number of anilines is 1. The summed E-state index contributed by atoms with van der Waals surface area (Å²) in [6.45, 7) is 2.07. The SMILES string of the molecule is Cc1cc(C2CC2)nc(NC2CCCCC2)n1. The third-order valence-electron chi connectivity index (χ3n) is 3.81. The van der Waals surface area contributed by atoms with Gasteiger partial charge in [0, 0.05) is 23.3 Å². The fourth-order valence-electron chi connectivity index (χ4n) is 2.68. The van der Waals surface area contributed by atoms with Crippen LogP contribution in [0.3, 0.4) is 0 Å². The van der Waals surface area contributed by atoms with Crippen molar-refractivity contribution in [3.05, 3.63) is 17.5 Å². The maximum atomic E-state index is 4.67. The first-order chi connectivity index (χ1) is 8.31. The van der Waals surface area contributed by atoms with Crippen LogP contribution in [-0.2, 0) is 0 Å². The summed E-state index contributed by atoms with van der Waals surface area (Å²) >= 11 is 0. The minimum absolute atomic E-state index is 0.595. The van der Waals surface area contributed by atoms with E-state index < -0.39 is 0 Å². The van der Waals surface area contributed by atoms with Crippen molar-refractivity contribution >= 4 is 5.95 Å². The lowest BCUT2D eigenvalue weighted by Crippen LogP contribution is -2.23. The first-order valence-corrected chi connectivity index (χ1v) is 6.93. The first-order valence-electron chi connectivity index (χ1n) is 6.93. The maximum absolute atomic E-state index is 4.67. The van der Waals surface area contributed by atoms with Crippen molar-refractivity contribution in [2.45, 2.75) is 63.8 Å². The topological polar surface area (TPSA) is 37.8 Å². The number of nitrogens with one attached hydrogen (secondary N) is 1. The molecule has 3 nitrogen and oxygen atoms in total. The predicted octanol–water partition coefficient (Wildman–Crippen LogP) is 3.41. The summed E-state index contributed by atoms with van der Waals surface area (Å²) < 4.78 is 0. The Morgan fingerprint density at radius 2 is 1.82 bits per heavy atom. The number of rotatable bonds is 3. The zero-order chi connectivity index (χ0) is 11.7. The molecule has 1 N–H and O–H groups in total. The fourth-order valence-corrected chi connectivity index (χ4v) is 2.68. The molecule has 0 amide bonds. The molecule has 0 radical (unpaired) electrons. The van der Waals surface area contributed by atoms with E-state index in [1.54, 1.807) is 0 Å². The summed E-state index contributed by atoms with van der Waals surface area (Å²) in [4.78, 5) is 9.18. The molecule has 2 fully saturated rings. The van der Waals surface area contributed by atoms with Gasteiger partial charge in [0.25, 0.3) is 0 Å². The van der Waals surface area contributed by atoms with Crippen molar-refractivity contribution in [1.82, 2.24) is 9.97 Å². The van der Waals surface area contributed by atoms with Crippen molar-refractivity contribution in [3.8, 4) is 0 Å². The molecule has 3 rings (SSSR count). The smallest absolute Gasteiger partial charge is 0.223 e. The molecule has 1 aromatic heterocycles. The number of aromatic nitrogens is 2. The summed E-state index contributed by atoms with van der Waals surface area (Å²) in [5.74, 6) is 1.57. The van der Waals surface area contributed by atoms with Crippen LogP contribution < -0.4 is 5.32 Å². The van der Waals surface area contributed by atoms with Crippen molar-refractivity contribution < 1.29 is 0 Å². The Bertz CT molecular complexity index is 392. The summed E-state index contributed by atoms with van der Waals surface area (Å²) in [5.41, 5.74) is 2.34. The minimum atomic E-state index is 0.595. The molecule has 17 heavy (non-hydrogen) atoms. The normalized spacial score (nSPS) is 21.5. The van der Waals surface area contributed by atoms with Crippen molar-refractivity contribution in [2.24, 2.45) is 0 Å². The van der Waals surface area contributed by atoms with Gasteiger partial charge in [-0.05, 0) is 38.7 Å². The van der Waals surface area contributed by atoms with Crippen molar-refractivity contribution in [1.29, 1.82) is 0 Å². The van der Waals surface area contributed by atoms with E-state index in [0.717, 1.165) is 11.6 Å². The van der Waals surface area contributed by atoms with Gasteiger partial charge >= 0.3 is 0 Å². The fraction of sp³-hybridized carbons (Fsp3) is 0.714. The van der Waals surface area contributed by atoms with Crippen LogP contribution in [0.5, 0.6) is 0 Å². The molecule has 2 aliphatic carbocycles. The van der Waals surface area contributed by atoms with Gasteiger partial charge in [0.05, 0.1) is 0 Å². The average molecular weight is 231 g/mol. The third kappa shape index (κ3) is 2.76. The standard InChI is InChI=1S/C14H21N3/c1-10-9-13(11-7-8-11)17-14(15-10)16-12-5-3-2-4-6-12/h9,11-12H,2-8H2,1H3,(H,15,16,17). The Balaban J connectivity index is 1.72. The van der Waals surface area contributed by atoms with Gasteiger partial charge in [-0.2, -0.15) is 0 Å². The van der Waals surface area contributed by atoms with Gasteiger partial charge in [-0.1, -0.05) is 19.3 Å². The van der Waals surface area contributed by atoms with E-state index in [2.05, 4.69) is 28.3 Å². The highest BCUT2D eigenvalue weighted by molar-refractivity contribution is 5.31. The number of hydrogen-bond donors (Lipinski definition) is 1. The number of aryl methyl sites for hydroxylation is 1. The molecule has 2 aliphatic rings. The van der Waals surface area contributed by atoms with Gasteiger partial charge in [-0.3, -0.25) is 0 Å². The van der Waals surface area contributed by atoms with E-state index in [4.69, 9.17) is 0 Å². The molecule has 0 unspecified atom stereocenters. The number of hydrogen-bond acceptors (Lipinski definition) is 3. The molecule has 3 heteroatoms. The van der Waals surface area contributed by atoms with Crippen LogP contribution in [0.25, 0.3) is 0 Å². The van der Waals surface area contributed by atoms with E-state index in [-0.39, 0.29) is 0 Å². The lowest BCUT2D eigenvalue weighted by atomic mass is 9.96. The highest BCUT2D eigenvalue weighted by Crippen LogP contribution is 2.39. The molecular formula is C14H21N3. The van der Waals surface area contributed by atoms with Gasteiger partial charge < -0.3 is 5.32 Å². The van der Waals surface area contributed by atoms with E-state index in [0.29, 0.717) is 12.0 Å². The molecule has 1 heterocycles. The average Bonchev–Trinajstić information content (AvgIpc) is 3.13. The molecule has 0 bridgehead atoms. The summed E-state index contributed by atoms with van der Waals surface area (Å²) in [6, 6.07) is 2.74. The molecule has 1 aromatic rings. The Morgan fingerprint density at radius 1 is 1.06 bits per heavy atom. The van der Waals surface area contributed by atoms with E-state index in [1.807, 2.05) is 0 Å². The van der Waals surface area contributed by atoms with E-state index in [9.17, 15) is 0 Å². The quantitative estimate of drug-likeness (QED) is 0.866. The van der Waals surface area contributed by atoms with Crippen LogP contribution in [-0.4, -0.2) is 16.0 Å². The van der Waals surface area contributed by atoms with Gasteiger partial charge in [0.15, 0.2) is 0 Å². The highest BCUT2D eigenvalue weighted by atomic mass is 15.1. The van der Waals surface area contributed by atoms with E-state index in [1.165, 1.54) is 50.6 Å². The maximum Gasteiger partial charge on any atom is 0.223 e.